The Labute approximate surface area is 109 Å². The van der Waals surface area contributed by atoms with Gasteiger partial charge in [0.2, 0.25) is 0 Å². The molecule has 0 atom stereocenters. The summed E-state index contributed by atoms with van der Waals surface area (Å²) in [5.41, 5.74) is 6.04. The molecule has 0 saturated heterocycles. The summed E-state index contributed by atoms with van der Waals surface area (Å²) in [5, 5.41) is 0. The second-order valence-corrected chi connectivity index (χ2v) is 3.55. The summed E-state index contributed by atoms with van der Waals surface area (Å²) in [6.45, 7) is -1.03. The smallest absolute Gasteiger partial charge is 0.411 e. The van der Waals surface area contributed by atoms with Crippen molar-refractivity contribution in [3.8, 4) is 17.6 Å². The Morgan fingerprint density at radius 2 is 1.79 bits per heavy atom. The second kappa shape index (κ2) is 7.67. The number of hydrogen-bond donors (Lipinski definition) is 1. The van der Waals surface area contributed by atoms with Crippen molar-refractivity contribution in [3.05, 3.63) is 29.8 Å². The molecule has 0 saturated carbocycles. The van der Waals surface area contributed by atoms with E-state index < -0.39 is 12.8 Å². The van der Waals surface area contributed by atoms with E-state index in [0.29, 0.717) is 5.75 Å². The summed E-state index contributed by atoms with van der Waals surface area (Å²) in [5.74, 6) is 6.10. The fourth-order valence-electron chi connectivity index (χ4n) is 1.19. The van der Waals surface area contributed by atoms with Crippen molar-refractivity contribution in [2.24, 2.45) is 5.73 Å². The molecule has 0 aliphatic heterocycles. The van der Waals surface area contributed by atoms with Gasteiger partial charge >= 0.3 is 6.18 Å². The third kappa shape index (κ3) is 7.34. The molecule has 0 fully saturated rings. The Morgan fingerprint density at radius 3 is 2.37 bits per heavy atom. The van der Waals surface area contributed by atoms with Crippen molar-refractivity contribution >= 4 is 0 Å². The summed E-state index contributed by atoms with van der Waals surface area (Å²) in [6, 6.07) is 6.86. The highest BCUT2D eigenvalue weighted by molar-refractivity contribution is 5.38. The van der Waals surface area contributed by atoms with Crippen molar-refractivity contribution in [1.29, 1.82) is 0 Å². The van der Waals surface area contributed by atoms with Crippen LogP contribution in [0.15, 0.2) is 24.3 Å². The van der Waals surface area contributed by atoms with Gasteiger partial charge in [0.25, 0.3) is 0 Å². The summed E-state index contributed by atoms with van der Waals surface area (Å²) in [4.78, 5) is 0. The van der Waals surface area contributed by atoms with E-state index in [1.165, 1.54) is 0 Å². The van der Waals surface area contributed by atoms with E-state index in [-0.39, 0.29) is 19.8 Å². The van der Waals surface area contributed by atoms with Crippen LogP contribution in [0.25, 0.3) is 0 Å². The third-order valence-corrected chi connectivity index (χ3v) is 1.95. The Morgan fingerprint density at radius 1 is 1.11 bits per heavy atom. The number of ether oxygens (including phenoxy) is 2. The van der Waals surface area contributed by atoms with Crippen molar-refractivity contribution in [2.75, 3.05) is 26.4 Å². The summed E-state index contributed by atoms with van der Waals surface area (Å²) >= 11 is 0. The zero-order valence-corrected chi connectivity index (χ0v) is 10.2. The predicted octanol–water partition coefficient (Wildman–Crippen LogP) is 1.95. The molecular formula is C13H14F3NO2. The first-order chi connectivity index (χ1) is 9.01. The number of halogens is 3. The van der Waals surface area contributed by atoms with Crippen molar-refractivity contribution in [3.63, 3.8) is 0 Å². The topological polar surface area (TPSA) is 44.5 Å². The van der Waals surface area contributed by atoms with Crippen LogP contribution in [0.1, 0.15) is 5.56 Å². The van der Waals surface area contributed by atoms with Gasteiger partial charge in [0.15, 0.2) is 0 Å². The first-order valence-electron chi connectivity index (χ1n) is 5.57. The molecule has 1 rings (SSSR count). The maximum absolute atomic E-state index is 11.8. The Hall–Kier alpha value is -1.71. The van der Waals surface area contributed by atoms with Gasteiger partial charge in [0.05, 0.1) is 13.2 Å². The average Bonchev–Trinajstić information content (AvgIpc) is 2.36. The SMILES string of the molecule is NCC#Cc1ccc(OCCOCC(F)(F)F)cc1. The molecule has 3 nitrogen and oxygen atoms in total. The highest BCUT2D eigenvalue weighted by Crippen LogP contribution is 2.14. The molecular weight excluding hydrogens is 259 g/mol. The minimum Gasteiger partial charge on any atom is -0.491 e. The summed E-state index contributed by atoms with van der Waals surface area (Å²) in [7, 11) is 0. The summed E-state index contributed by atoms with van der Waals surface area (Å²) < 4.78 is 44.9. The van der Waals surface area contributed by atoms with Gasteiger partial charge in [-0.3, -0.25) is 0 Å². The largest absolute Gasteiger partial charge is 0.491 e. The zero-order chi connectivity index (χ0) is 14.1. The molecule has 19 heavy (non-hydrogen) atoms. The van der Waals surface area contributed by atoms with E-state index in [2.05, 4.69) is 16.6 Å². The van der Waals surface area contributed by atoms with Gasteiger partial charge in [-0.1, -0.05) is 11.8 Å². The molecule has 2 N–H and O–H groups in total. The van der Waals surface area contributed by atoms with Crippen LogP contribution in [0.4, 0.5) is 13.2 Å². The van der Waals surface area contributed by atoms with Crippen molar-refractivity contribution in [2.45, 2.75) is 6.18 Å². The lowest BCUT2D eigenvalue weighted by molar-refractivity contribution is -0.175. The van der Waals surface area contributed by atoms with Crippen LogP contribution in [0.2, 0.25) is 0 Å². The molecule has 0 aliphatic rings. The van der Waals surface area contributed by atoms with Crippen LogP contribution in [-0.2, 0) is 4.74 Å². The molecule has 1 aromatic carbocycles. The van der Waals surface area contributed by atoms with Gasteiger partial charge in [0.1, 0.15) is 19.0 Å². The molecule has 1 aromatic rings. The lowest BCUT2D eigenvalue weighted by atomic mass is 10.2. The quantitative estimate of drug-likeness (QED) is 0.659. The average molecular weight is 273 g/mol. The fourth-order valence-corrected chi connectivity index (χ4v) is 1.19. The number of alkyl halides is 3. The van der Waals surface area contributed by atoms with Gasteiger partial charge in [0, 0.05) is 5.56 Å². The van der Waals surface area contributed by atoms with E-state index in [1.807, 2.05) is 0 Å². The minimum absolute atomic E-state index is 0.0594. The Balaban J connectivity index is 2.27. The van der Waals surface area contributed by atoms with E-state index in [4.69, 9.17) is 10.5 Å². The van der Waals surface area contributed by atoms with Crippen LogP contribution >= 0.6 is 0 Å². The molecule has 0 amide bonds. The zero-order valence-electron chi connectivity index (χ0n) is 10.2. The molecule has 0 bridgehead atoms. The van der Waals surface area contributed by atoms with E-state index in [9.17, 15) is 13.2 Å². The molecule has 0 aliphatic carbocycles. The number of benzene rings is 1. The van der Waals surface area contributed by atoms with Crippen LogP contribution in [0.5, 0.6) is 5.75 Å². The fraction of sp³-hybridized carbons (Fsp3) is 0.385. The van der Waals surface area contributed by atoms with Gasteiger partial charge < -0.3 is 15.2 Å². The third-order valence-electron chi connectivity index (χ3n) is 1.95. The van der Waals surface area contributed by atoms with Gasteiger partial charge in [-0.2, -0.15) is 13.2 Å². The maximum Gasteiger partial charge on any atom is 0.411 e. The molecule has 0 aromatic heterocycles. The lowest BCUT2D eigenvalue weighted by Gasteiger charge is -2.09. The van der Waals surface area contributed by atoms with E-state index in [0.717, 1.165) is 5.56 Å². The normalized spacial score (nSPS) is 10.7. The van der Waals surface area contributed by atoms with Crippen LogP contribution in [-0.4, -0.2) is 32.5 Å². The maximum atomic E-state index is 11.8. The minimum atomic E-state index is -4.30. The van der Waals surface area contributed by atoms with Crippen molar-refractivity contribution < 1.29 is 22.6 Å². The van der Waals surface area contributed by atoms with Crippen LogP contribution in [0, 0.1) is 11.8 Å². The van der Waals surface area contributed by atoms with Crippen LogP contribution in [0.3, 0.4) is 0 Å². The Bertz CT molecular complexity index is 432. The summed E-state index contributed by atoms with van der Waals surface area (Å²) in [6.07, 6.45) is -4.30. The molecule has 104 valence electrons. The number of rotatable bonds is 5. The monoisotopic (exact) mass is 273 g/mol. The first-order valence-corrected chi connectivity index (χ1v) is 5.57. The van der Waals surface area contributed by atoms with Gasteiger partial charge in [-0.25, -0.2) is 0 Å². The predicted molar refractivity (Wildman–Crippen MR) is 64.7 cm³/mol. The number of hydrogen-bond acceptors (Lipinski definition) is 3. The molecule has 0 unspecified atom stereocenters. The van der Waals surface area contributed by atoms with Gasteiger partial charge in [-0.15, -0.1) is 0 Å². The lowest BCUT2D eigenvalue weighted by Crippen LogP contribution is -2.19. The van der Waals surface area contributed by atoms with E-state index >= 15 is 0 Å². The molecule has 6 heteroatoms. The first kappa shape index (κ1) is 15.3. The molecule has 0 heterocycles. The van der Waals surface area contributed by atoms with E-state index in [1.54, 1.807) is 24.3 Å². The number of nitrogens with two attached hydrogens (primary N) is 1. The second-order valence-electron chi connectivity index (χ2n) is 3.55. The van der Waals surface area contributed by atoms with Crippen molar-refractivity contribution in [1.82, 2.24) is 0 Å². The molecule has 0 radical (unpaired) electrons. The highest BCUT2D eigenvalue weighted by Gasteiger charge is 2.27. The highest BCUT2D eigenvalue weighted by atomic mass is 19.4. The molecule has 0 spiro atoms. The standard InChI is InChI=1S/C13H14F3NO2/c14-13(15,16)10-18-8-9-19-12-5-3-11(4-6-12)2-1-7-17/h3-6H,7-10,17H2. The van der Waals surface area contributed by atoms with Gasteiger partial charge in [-0.05, 0) is 24.3 Å². The van der Waals surface area contributed by atoms with Crippen LogP contribution < -0.4 is 10.5 Å². The Kier molecular flexibility index (Phi) is 6.19.